The Labute approximate surface area is 156 Å². The van der Waals surface area contributed by atoms with E-state index in [2.05, 4.69) is 51.5 Å². The van der Waals surface area contributed by atoms with Crippen LogP contribution < -0.4 is 10.1 Å². The van der Waals surface area contributed by atoms with Gasteiger partial charge in [0.25, 0.3) is 0 Å². The summed E-state index contributed by atoms with van der Waals surface area (Å²) in [5.74, 6) is 0.942. The molecule has 0 radical (unpaired) electrons. The maximum Gasteiger partial charge on any atom is 0.119 e. The first kappa shape index (κ1) is 17.5. The van der Waals surface area contributed by atoms with E-state index in [9.17, 15) is 0 Å². The molecule has 2 aromatic rings. The molecule has 4 nitrogen and oxygen atoms in total. The molecule has 0 amide bonds. The molecule has 0 saturated carbocycles. The van der Waals surface area contributed by atoms with Gasteiger partial charge in [-0.15, -0.1) is 0 Å². The van der Waals surface area contributed by atoms with Gasteiger partial charge >= 0.3 is 0 Å². The van der Waals surface area contributed by atoms with Crippen molar-refractivity contribution in [3.05, 3.63) is 65.7 Å². The van der Waals surface area contributed by atoms with Gasteiger partial charge in [0, 0.05) is 51.9 Å². The monoisotopic (exact) mass is 351 g/mol. The van der Waals surface area contributed by atoms with Crippen molar-refractivity contribution in [3.63, 3.8) is 0 Å². The zero-order valence-electron chi connectivity index (χ0n) is 15.4. The van der Waals surface area contributed by atoms with Crippen LogP contribution >= 0.6 is 0 Å². The van der Waals surface area contributed by atoms with E-state index in [0.717, 1.165) is 31.4 Å². The van der Waals surface area contributed by atoms with Gasteiger partial charge in [0.2, 0.25) is 0 Å². The average Bonchev–Trinajstić information content (AvgIpc) is 3.17. The SMILES string of the molecule is c1ccc(COc2ccc(CN3CCC(N4CCNCC4)C3)cc2)cc1. The predicted molar refractivity (Wildman–Crippen MR) is 105 cm³/mol. The van der Waals surface area contributed by atoms with Gasteiger partial charge in [0.1, 0.15) is 12.4 Å². The van der Waals surface area contributed by atoms with Crippen molar-refractivity contribution in [2.75, 3.05) is 39.3 Å². The topological polar surface area (TPSA) is 27.7 Å². The van der Waals surface area contributed by atoms with Gasteiger partial charge in [-0.2, -0.15) is 0 Å². The molecule has 1 atom stereocenters. The largest absolute Gasteiger partial charge is 0.489 e. The van der Waals surface area contributed by atoms with Crippen LogP contribution in [-0.2, 0) is 13.2 Å². The van der Waals surface area contributed by atoms with Crippen LogP contribution in [0, 0.1) is 0 Å². The minimum atomic E-state index is 0.624. The lowest BCUT2D eigenvalue weighted by Crippen LogP contribution is -2.49. The number of hydrogen-bond acceptors (Lipinski definition) is 4. The van der Waals surface area contributed by atoms with Crippen molar-refractivity contribution in [1.82, 2.24) is 15.1 Å². The number of likely N-dealkylation sites (tertiary alicyclic amines) is 1. The molecular formula is C22H29N3O. The fraction of sp³-hybridized carbons (Fsp3) is 0.455. The molecule has 4 heteroatoms. The highest BCUT2D eigenvalue weighted by molar-refractivity contribution is 5.28. The summed E-state index contributed by atoms with van der Waals surface area (Å²) in [7, 11) is 0. The highest BCUT2D eigenvalue weighted by Crippen LogP contribution is 2.20. The third-order valence-corrected chi connectivity index (χ3v) is 5.49. The maximum atomic E-state index is 5.89. The summed E-state index contributed by atoms with van der Waals surface area (Å²) in [6, 6.07) is 19.7. The summed E-state index contributed by atoms with van der Waals surface area (Å²) in [6.45, 7) is 8.76. The van der Waals surface area contributed by atoms with Gasteiger partial charge in [-0.1, -0.05) is 42.5 Å². The fourth-order valence-corrected chi connectivity index (χ4v) is 3.99. The van der Waals surface area contributed by atoms with E-state index in [0.29, 0.717) is 6.61 Å². The van der Waals surface area contributed by atoms with Crippen molar-refractivity contribution < 1.29 is 4.74 Å². The molecule has 0 aromatic heterocycles. The Bertz CT molecular complexity index is 668. The molecule has 1 N–H and O–H groups in total. The zero-order valence-corrected chi connectivity index (χ0v) is 15.4. The summed E-state index contributed by atoms with van der Waals surface area (Å²) in [4.78, 5) is 5.25. The summed E-state index contributed by atoms with van der Waals surface area (Å²) in [5.41, 5.74) is 2.57. The molecule has 1 unspecified atom stereocenters. The standard InChI is InChI=1S/C22H29N3O/c1-2-4-20(5-3-1)18-26-22-8-6-19(7-9-22)16-24-13-10-21(17-24)25-14-11-23-12-15-25/h1-9,21,23H,10-18H2. The number of piperazine rings is 1. The minimum Gasteiger partial charge on any atom is -0.489 e. The first-order chi connectivity index (χ1) is 12.9. The Kier molecular flexibility index (Phi) is 5.85. The minimum absolute atomic E-state index is 0.624. The van der Waals surface area contributed by atoms with E-state index < -0.39 is 0 Å². The number of nitrogens with zero attached hydrogens (tertiary/aromatic N) is 2. The Morgan fingerprint density at radius 2 is 1.65 bits per heavy atom. The van der Waals surface area contributed by atoms with Gasteiger partial charge in [-0.3, -0.25) is 9.80 Å². The molecular weight excluding hydrogens is 322 g/mol. The summed E-state index contributed by atoms with van der Waals surface area (Å²) in [6.07, 6.45) is 1.30. The molecule has 4 rings (SSSR count). The van der Waals surface area contributed by atoms with Crippen LogP contribution in [0.25, 0.3) is 0 Å². The number of rotatable bonds is 6. The third kappa shape index (κ3) is 4.64. The van der Waals surface area contributed by atoms with E-state index in [1.165, 1.54) is 43.7 Å². The fourth-order valence-electron chi connectivity index (χ4n) is 3.99. The van der Waals surface area contributed by atoms with Crippen molar-refractivity contribution in [3.8, 4) is 5.75 Å². The van der Waals surface area contributed by atoms with Crippen molar-refractivity contribution in [2.45, 2.75) is 25.6 Å². The van der Waals surface area contributed by atoms with Gasteiger partial charge in [0.05, 0.1) is 0 Å². The van der Waals surface area contributed by atoms with E-state index >= 15 is 0 Å². The van der Waals surface area contributed by atoms with Gasteiger partial charge < -0.3 is 10.1 Å². The van der Waals surface area contributed by atoms with Gasteiger partial charge in [0.15, 0.2) is 0 Å². The predicted octanol–water partition coefficient (Wildman–Crippen LogP) is 2.75. The molecule has 138 valence electrons. The Balaban J connectivity index is 1.25. The molecule has 26 heavy (non-hydrogen) atoms. The first-order valence-corrected chi connectivity index (χ1v) is 9.79. The Morgan fingerprint density at radius 1 is 0.885 bits per heavy atom. The maximum absolute atomic E-state index is 5.89. The highest BCUT2D eigenvalue weighted by Gasteiger charge is 2.28. The highest BCUT2D eigenvalue weighted by atomic mass is 16.5. The van der Waals surface area contributed by atoms with Crippen LogP contribution in [0.1, 0.15) is 17.5 Å². The summed E-state index contributed by atoms with van der Waals surface area (Å²) >= 11 is 0. The smallest absolute Gasteiger partial charge is 0.119 e. The molecule has 2 fully saturated rings. The number of hydrogen-bond donors (Lipinski definition) is 1. The first-order valence-electron chi connectivity index (χ1n) is 9.79. The van der Waals surface area contributed by atoms with Crippen molar-refractivity contribution in [2.24, 2.45) is 0 Å². The molecule has 0 bridgehead atoms. The second-order valence-electron chi connectivity index (χ2n) is 7.38. The molecule has 0 spiro atoms. The zero-order chi connectivity index (χ0) is 17.6. The molecule has 2 heterocycles. The van der Waals surface area contributed by atoms with Crippen molar-refractivity contribution in [1.29, 1.82) is 0 Å². The van der Waals surface area contributed by atoms with E-state index in [1.807, 2.05) is 18.2 Å². The van der Waals surface area contributed by atoms with Crippen LogP contribution in [0.15, 0.2) is 54.6 Å². The second-order valence-corrected chi connectivity index (χ2v) is 7.38. The summed E-state index contributed by atoms with van der Waals surface area (Å²) < 4.78 is 5.89. The number of ether oxygens (including phenoxy) is 1. The summed E-state index contributed by atoms with van der Waals surface area (Å²) in [5, 5.41) is 3.45. The van der Waals surface area contributed by atoms with Crippen LogP contribution in [0.4, 0.5) is 0 Å². The number of nitrogens with one attached hydrogen (secondary N) is 1. The molecule has 2 saturated heterocycles. The van der Waals surface area contributed by atoms with Gasteiger partial charge in [-0.05, 0) is 29.7 Å². The van der Waals surface area contributed by atoms with Gasteiger partial charge in [-0.25, -0.2) is 0 Å². The molecule has 2 aromatic carbocycles. The van der Waals surface area contributed by atoms with Crippen LogP contribution in [0.5, 0.6) is 5.75 Å². The van der Waals surface area contributed by atoms with Crippen LogP contribution in [-0.4, -0.2) is 55.1 Å². The van der Waals surface area contributed by atoms with Crippen molar-refractivity contribution >= 4 is 0 Å². The molecule has 2 aliphatic rings. The lowest BCUT2D eigenvalue weighted by Gasteiger charge is -2.32. The average molecular weight is 351 g/mol. The Morgan fingerprint density at radius 3 is 2.42 bits per heavy atom. The lowest BCUT2D eigenvalue weighted by atomic mass is 10.2. The normalized spacial score (nSPS) is 21.8. The molecule has 0 aliphatic carbocycles. The third-order valence-electron chi connectivity index (χ3n) is 5.49. The number of benzene rings is 2. The molecule has 2 aliphatic heterocycles. The Hall–Kier alpha value is -1.88. The van der Waals surface area contributed by atoms with E-state index in [1.54, 1.807) is 0 Å². The van der Waals surface area contributed by atoms with Crippen LogP contribution in [0.2, 0.25) is 0 Å². The quantitative estimate of drug-likeness (QED) is 0.866. The van der Waals surface area contributed by atoms with E-state index in [-0.39, 0.29) is 0 Å². The van der Waals surface area contributed by atoms with Crippen LogP contribution in [0.3, 0.4) is 0 Å². The lowest BCUT2D eigenvalue weighted by molar-refractivity contribution is 0.170. The second kappa shape index (κ2) is 8.67. The van der Waals surface area contributed by atoms with E-state index in [4.69, 9.17) is 4.74 Å².